The van der Waals surface area contributed by atoms with Gasteiger partial charge in [0.1, 0.15) is 19.0 Å². The number of esters is 1. The number of para-hydroxylation sites is 1. The van der Waals surface area contributed by atoms with Gasteiger partial charge in [-0.15, -0.1) is 0 Å². The number of hydrogen-bond donors (Lipinski definition) is 2. The van der Waals surface area contributed by atoms with Crippen LogP contribution in [0.1, 0.15) is 24.0 Å². The van der Waals surface area contributed by atoms with Gasteiger partial charge in [0, 0.05) is 29.4 Å². The Morgan fingerprint density at radius 1 is 1.00 bits per heavy atom. The van der Waals surface area contributed by atoms with Crippen molar-refractivity contribution in [2.75, 3.05) is 26.3 Å². The molecule has 0 saturated heterocycles. The summed E-state index contributed by atoms with van der Waals surface area (Å²) in [5.41, 5.74) is 4.62. The maximum absolute atomic E-state index is 13.2. The van der Waals surface area contributed by atoms with Crippen LogP contribution in [0.5, 0.6) is 5.75 Å². The van der Waals surface area contributed by atoms with Crippen molar-refractivity contribution in [1.29, 1.82) is 0 Å². The first kappa shape index (κ1) is 20.9. The summed E-state index contributed by atoms with van der Waals surface area (Å²) in [4.78, 5) is 26.0. The van der Waals surface area contributed by atoms with Gasteiger partial charge in [0.15, 0.2) is 5.78 Å². The van der Waals surface area contributed by atoms with E-state index < -0.39 is 11.9 Å². The van der Waals surface area contributed by atoms with Gasteiger partial charge in [0.25, 0.3) is 0 Å². The van der Waals surface area contributed by atoms with E-state index in [1.54, 1.807) is 0 Å². The number of ketones is 1. The number of dihydropyridines is 1. The molecule has 0 fully saturated rings. The quantitative estimate of drug-likeness (QED) is 0.555. The Morgan fingerprint density at radius 3 is 2.52 bits per heavy atom. The summed E-state index contributed by atoms with van der Waals surface area (Å²) in [5, 5.41) is 6.38. The van der Waals surface area contributed by atoms with E-state index >= 15 is 0 Å². The average molecular weight is 418 g/mol. The number of carbonyl (C=O) groups is 2. The molecule has 0 saturated carbocycles. The standard InChI is InChI=1S/C25H26N2O4/c1-16-8-6-7-11-19(16)23-22(17(2)27-20-14-26-15-21(28)24(20)23)25(29)31-13-12-30-18-9-4-3-5-10-18/h3-11,23,26-27H,12-15H2,1-2H3. The lowest BCUT2D eigenvalue weighted by Gasteiger charge is -2.35. The number of Topliss-reactive ketones (excluding diaryl/α,β-unsaturated/α-hetero) is 1. The maximum atomic E-state index is 13.2. The van der Waals surface area contributed by atoms with Crippen LogP contribution in [0, 0.1) is 6.92 Å². The summed E-state index contributed by atoms with van der Waals surface area (Å²) in [6.07, 6.45) is 0. The number of aryl methyl sites for hydroxylation is 1. The molecule has 2 aromatic rings. The average Bonchev–Trinajstić information content (AvgIpc) is 2.77. The van der Waals surface area contributed by atoms with E-state index in [9.17, 15) is 9.59 Å². The Morgan fingerprint density at radius 2 is 1.74 bits per heavy atom. The fourth-order valence-corrected chi connectivity index (χ4v) is 4.14. The van der Waals surface area contributed by atoms with Crippen molar-refractivity contribution in [3.8, 4) is 5.75 Å². The SMILES string of the molecule is CC1=C(C(=O)OCCOc2ccccc2)C(c2ccccc2C)C2=C(CNCC2=O)N1. The molecule has 4 rings (SSSR count). The lowest BCUT2D eigenvalue weighted by molar-refractivity contribution is -0.140. The second-order valence-electron chi connectivity index (χ2n) is 7.67. The molecule has 0 radical (unpaired) electrons. The molecule has 2 aliphatic rings. The molecule has 1 unspecified atom stereocenters. The van der Waals surface area contributed by atoms with Crippen molar-refractivity contribution < 1.29 is 19.1 Å². The normalized spacial score (nSPS) is 18.4. The fraction of sp³-hybridized carbons (Fsp3) is 0.280. The largest absolute Gasteiger partial charge is 0.490 e. The Hall–Kier alpha value is -3.38. The van der Waals surface area contributed by atoms with Crippen LogP contribution in [0.2, 0.25) is 0 Å². The summed E-state index contributed by atoms with van der Waals surface area (Å²) >= 11 is 0. The summed E-state index contributed by atoms with van der Waals surface area (Å²) in [6.45, 7) is 5.04. The number of ether oxygens (including phenoxy) is 2. The zero-order chi connectivity index (χ0) is 21.8. The number of allylic oxidation sites excluding steroid dienone is 1. The molecule has 0 aromatic heterocycles. The molecule has 0 amide bonds. The number of benzene rings is 2. The van der Waals surface area contributed by atoms with Gasteiger partial charge in [0.2, 0.25) is 0 Å². The minimum Gasteiger partial charge on any atom is -0.490 e. The highest BCUT2D eigenvalue weighted by Gasteiger charge is 2.39. The monoisotopic (exact) mass is 418 g/mol. The molecule has 2 aromatic carbocycles. The van der Waals surface area contributed by atoms with E-state index in [0.717, 1.165) is 22.6 Å². The first-order valence-electron chi connectivity index (χ1n) is 10.4. The van der Waals surface area contributed by atoms with E-state index in [1.165, 1.54) is 0 Å². The van der Waals surface area contributed by atoms with Gasteiger partial charge in [-0.25, -0.2) is 4.79 Å². The highest BCUT2D eigenvalue weighted by Crippen LogP contribution is 2.40. The van der Waals surface area contributed by atoms with Crippen LogP contribution < -0.4 is 15.4 Å². The van der Waals surface area contributed by atoms with Crippen LogP contribution in [0.4, 0.5) is 0 Å². The van der Waals surface area contributed by atoms with Crippen molar-refractivity contribution in [1.82, 2.24) is 10.6 Å². The van der Waals surface area contributed by atoms with Crippen LogP contribution in [0.3, 0.4) is 0 Å². The Labute approximate surface area is 181 Å². The molecule has 0 spiro atoms. The van der Waals surface area contributed by atoms with Gasteiger partial charge < -0.3 is 20.1 Å². The predicted molar refractivity (Wildman–Crippen MR) is 118 cm³/mol. The second kappa shape index (κ2) is 9.18. The van der Waals surface area contributed by atoms with Crippen LogP contribution in [0.25, 0.3) is 0 Å². The predicted octanol–water partition coefficient (Wildman–Crippen LogP) is 3.00. The highest BCUT2D eigenvalue weighted by molar-refractivity contribution is 6.04. The maximum Gasteiger partial charge on any atom is 0.336 e. The molecule has 2 aliphatic heterocycles. The molecule has 6 nitrogen and oxygen atoms in total. The van der Waals surface area contributed by atoms with E-state index in [2.05, 4.69) is 10.6 Å². The van der Waals surface area contributed by atoms with Crippen molar-refractivity contribution in [2.24, 2.45) is 0 Å². The summed E-state index contributed by atoms with van der Waals surface area (Å²) in [5.74, 6) is -0.171. The zero-order valence-electron chi connectivity index (χ0n) is 17.7. The van der Waals surface area contributed by atoms with Gasteiger partial charge in [-0.2, -0.15) is 0 Å². The molecule has 2 N–H and O–H groups in total. The highest BCUT2D eigenvalue weighted by atomic mass is 16.6. The Bertz CT molecular complexity index is 1060. The van der Waals surface area contributed by atoms with Crippen LogP contribution >= 0.6 is 0 Å². The lowest BCUT2D eigenvalue weighted by atomic mass is 9.76. The number of carbonyl (C=O) groups excluding carboxylic acids is 2. The van der Waals surface area contributed by atoms with Crippen LogP contribution in [-0.4, -0.2) is 38.1 Å². The molecule has 0 bridgehead atoms. The second-order valence-corrected chi connectivity index (χ2v) is 7.67. The molecule has 1 atom stereocenters. The van der Waals surface area contributed by atoms with E-state index in [4.69, 9.17) is 9.47 Å². The summed E-state index contributed by atoms with van der Waals surface area (Å²) in [7, 11) is 0. The van der Waals surface area contributed by atoms with Crippen molar-refractivity contribution in [3.05, 3.63) is 88.3 Å². The molecular formula is C25H26N2O4. The van der Waals surface area contributed by atoms with Crippen LogP contribution in [-0.2, 0) is 14.3 Å². The summed E-state index contributed by atoms with van der Waals surface area (Å²) in [6, 6.07) is 17.2. The van der Waals surface area contributed by atoms with Gasteiger partial charge in [0.05, 0.1) is 12.1 Å². The molecule has 31 heavy (non-hydrogen) atoms. The first-order valence-corrected chi connectivity index (χ1v) is 10.4. The van der Waals surface area contributed by atoms with Crippen LogP contribution in [0.15, 0.2) is 77.1 Å². The third-order valence-electron chi connectivity index (χ3n) is 5.58. The summed E-state index contributed by atoms with van der Waals surface area (Å²) < 4.78 is 11.2. The van der Waals surface area contributed by atoms with Crippen molar-refractivity contribution in [3.63, 3.8) is 0 Å². The van der Waals surface area contributed by atoms with Gasteiger partial charge in [-0.1, -0.05) is 42.5 Å². The van der Waals surface area contributed by atoms with Crippen molar-refractivity contribution in [2.45, 2.75) is 19.8 Å². The third kappa shape index (κ3) is 4.39. The van der Waals surface area contributed by atoms with Crippen molar-refractivity contribution >= 4 is 11.8 Å². The minimum absolute atomic E-state index is 0.00721. The first-order chi connectivity index (χ1) is 15.1. The van der Waals surface area contributed by atoms with Gasteiger partial charge in [-0.05, 0) is 37.1 Å². The van der Waals surface area contributed by atoms with E-state index in [1.807, 2.05) is 68.4 Å². The minimum atomic E-state index is -0.449. The van der Waals surface area contributed by atoms with Gasteiger partial charge in [-0.3, -0.25) is 4.79 Å². The molecule has 6 heteroatoms. The lowest BCUT2D eigenvalue weighted by Crippen LogP contribution is -2.43. The molecule has 160 valence electrons. The molecule has 2 heterocycles. The van der Waals surface area contributed by atoms with E-state index in [0.29, 0.717) is 23.4 Å². The smallest absolute Gasteiger partial charge is 0.336 e. The Balaban J connectivity index is 1.57. The zero-order valence-corrected chi connectivity index (χ0v) is 17.7. The van der Waals surface area contributed by atoms with E-state index in [-0.39, 0.29) is 25.5 Å². The number of nitrogens with one attached hydrogen (secondary N) is 2. The fourth-order valence-electron chi connectivity index (χ4n) is 4.14. The van der Waals surface area contributed by atoms with Gasteiger partial charge >= 0.3 is 5.97 Å². The third-order valence-corrected chi connectivity index (χ3v) is 5.58. The molecular weight excluding hydrogens is 392 g/mol. The number of rotatable bonds is 6. The topological polar surface area (TPSA) is 76.7 Å². The molecule has 0 aliphatic carbocycles. The Kier molecular flexibility index (Phi) is 6.18. The number of hydrogen-bond acceptors (Lipinski definition) is 6.